The van der Waals surface area contributed by atoms with Crippen LogP contribution in [0.15, 0.2) is 82.9 Å². The fourth-order valence-electron chi connectivity index (χ4n) is 4.19. The normalized spacial score (nSPS) is 12.6. The topological polar surface area (TPSA) is 77.7 Å². The number of thiophene rings is 1. The number of carbonyl (C=O) groups excluding carboxylic acids is 1. The van der Waals surface area contributed by atoms with Crippen LogP contribution >= 0.6 is 22.9 Å². The highest BCUT2D eigenvalue weighted by Gasteiger charge is 2.25. The van der Waals surface area contributed by atoms with Crippen LogP contribution in [0.4, 0.5) is 4.39 Å². The van der Waals surface area contributed by atoms with Crippen molar-refractivity contribution in [3.8, 4) is 10.4 Å². The molecule has 6 nitrogen and oxygen atoms in total. The van der Waals surface area contributed by atoms with Gasteiger partial charge >= 0.3 is 5.97 Å². The van der Waals surface area contributed by atoms with E-state index in [1.807, 2.05) is 30.3 Å². The molecule has 0 aliphatic heterocycles. The molecule has 9 heteroatoms. The van der Waals surface area contributed by atoms with Gasteiger partial charge < -0.3 is 9.30 Å². The third-order valence-corrected chi connectivity index (χ3v) is 7.45. The Bertz CT molecular complexity index is 1480. The molecular weight excluding hydrogens is 515 g/mol. The lowest BCUT2D eigenvalue weighted by molar-refractivity contribution is 0.0532. The molecule has 37 heavy (non-hydrogen) atoms. The van der Waals surface area contributed by atoms with Crippen LogP contribution in [0, 0.1) is 10.7 Å². The van der Waals surface area contributed by atoms with Crippen LogP contribution in [-0.4, -0.2) is 17.1 Å². The summed E-state index contributed by atoms with van der Waals surface area (Å²) in [5, 5.41) is 3.58. The minimum Gasteiger partial charge on any atom is -0.462 e. The molecule has 1 unspecified atom stereocenters. The Labute approximate surface area is 222 Å². The second-order valence-electron chi connectivity index (χ2n) is 8.49. The van der Waals surface area contributed by atoms with Gasteiger partial charge in [0.2, 0.25) is 5.56 Å². The van der Waals surface area contributed by atoms with Crippen molar-refractivity contribution in [3.05, 3.63) is 121 Å². The molecule has 4 rings (SSSR count). The van der Waals surface area contributed by atoms with Crippen LogP contribution in [0.25, 0.3) is 10.4 Å². The number of nitroso groups, excluding NO2 is 1. The van der Waals surface area contributed by atoms with Gasteiger partial charge in [-0.15, -0.1) is 11.3 Å². The van der Waals surface area contributed by atoms with Gasteiger partial charge in [-0.25, -0.2) is 9.18 Å². The quantitative estimate of drug-likeness (QED) is 0.168. The van der Waals surface area contributed by atoms with E-state index >= 15 is 4.39 Å². The van der Waals surface area contributed by atoms with Gasteiger partial charge in [0.15, 0.2) is 0 Å². The van der Waals surface area contributed by atoms with Crippen molar-refractivity contribution in [2.75, 3.05) is 6.61 Å². The number of esters is 1. The monoisotopic (exact) mass is 538 g/mol. The molecule has 0 fully saturated rings. The highest BCUT2D eigenvalue weighted by atomic mass is 35.5. The zero-order chi connectivity index (χ0) is 26.5. The highest BCUT2D eigenvalue weighted by Crippen LogP contribution is 2.38. The summed E-state index contributed by atoms with van der Waals surface area (Å²) >= 11 is 7.32. The van der Waals surface area contributed by atoms with Crippen molar-refractivity contribution in [3.63, 3.8) is 0 Å². The molecule has 0 amide bonds. The maximum absolute atomic E-state index is 15.1. The molecule has 4 aromatic rings. The first-order valence-corrected chi connectivity index (χ1v) is 12.8. The minimum atomic E-state index is -0.809. The zero-order valence-electron chi connectivity index (χ0n) is 20.2. The number of benzene rings is 2. The number of aryl methyl sites for hydroxylation is 1. The molecule has 0 radical (unpaired) electrons. The van der Waals surface area contributed by atoms with Crippen LogP contribution < -0.4 is 5.56 Å². The molecule has 0 N–H and O–H groups in total. The lowest BCUT2D eigenvalue weighted by Gasteiger charge is -2.22. The van der Waals surface area contributed by atoms with Crippen LogP contribution in [0.3, 0.4) is 0 Å². The van der Waals surface area contributed by atoms with Gasteiger partial charge in [-0.3, -0.25) is 4.79 Å². The summed E-state index contributed by atoms with van der Waals surface area (Å²) in [7, 11) is 1.60. The number of rotatable bonds is 9. The summed E-state index contributed by atoms with van der Waals surface area (Å²) in [5.41, 5.74) is 2.42. The summed E-state index contributed by atoms with van der Waals surface area (Å²) in [4.78, 5) is 37.1. The highest BCUT2D eigenvalue weighted by molar-refractivity contribution is 7.17. The Kier molecular flexibility index (Phi) is 8.31. The second-order valence-corrected chi connectivity index (χ2v) is 10.0. The maximum Gasteiger partial charge on any atom is 0.348 e. The Morgan fingerprint density at radius 3 is 2.46 bits per heavy atom. The molecule has 2 heterocycles. The van der Waals surface area contributed by atoms with Crippen LogP contribution in [-0.2, 0) is 11.8 Å². The van der Waals surface area contributed by atoms with Crippen molar-refractivity contribution in [1.29, 1.82) is 0 Å². The van der Waals surface area contributed by atoms with E-state index in [2.05, 4.69) is 5.18 Å². The van der Waals surface area contributed by atoms with Gasteiger partial charge in [0.05, 0.1) is 6.61 Å². The Hall–Kier alpha value is -3.62. The van der Waals surface area contributed by atoms with Crippen LogP contribution in [0.5, 0.6) is 0 Å². The summed E-state index contributed by atoms with van der Waals surface area (Å²) in [5.74, 6) is -1.35. The predicted octanol–water partition coefficient (Wildman–Crippen LogP) is 7.11. The number of pyridine rings is 1. The summed E-state index contributed by atoms with van der Waals surface area (Å²) < 4.78 is 21.5. The van der Waals surface area contributed by atoms with Gasteiger partial charge in [0.1, 0.15) is 16.7 Å². The van der Waals surface area contributed by atoms with E-state index in [0.717, 1.165) is 16.0 Å². The van der Waals surface area contributed by atoms with Crippen LogP contribution in [0.2, 0.25) is 5.02 Å². The third-order valence-electron chi connectivity index (χ3n) is 6.10. The Morgan fingerprint density at radius 2 is 1.81 bits per heavy atom. The first kappa shape index (κ1) is 26.4. The van der Waals surface area contributed by atoms with Gasteiger partial charge in [-0.05, 0) is 65.9 Å². The van der Waals surface area contributed by atoms with Gasteiger partial charge in [0, 0.05) is 35.1 Å². The Morgan fingerprint density at radius 1 is 1.08 bits per heavy atom. The fraction of sp³-hybridized carbons (Fsp3) is 0.214. The molecule has 0 aliphatic carbocycles. The number of halogens is 2. The summed E-state index contributed by atoms with van der Waals surface area (Å²) in [6.45, 7) is 2.06. The van der Waals surface area contributed by atoms with Crippen molar-refractivity contribution in [2.24, 2.45) is 12.2 Å². The van der Waals surface area contributed by atoms with Gasteiger partial charge in [0.25, 0.3) is 0 Å². The molecule has 2 atom stereocenters. The van der Waals surface area contributed by atoms with E-state index in [-0.39, 0.29) is 23.0 Å². The van der Waals surface area contributed by atoms with E-state index in [0.29, 0.717) is 22.6 Å². The van der Waals surface area contributed by atoms with Crippen molar-refractivity contribution in [1.82, 2.24) is 4.57 Å². The van der Waals surface area contributed by atoms with E-state index in [1.54, 1.807) is 44.4 Å². The van der Waals surface area contributed by atoms with E-state index < -0.39 is 17.8 Å². The standard InChI is InChI=1S/C28H24ClFN2O4S/c1-3-36-28(34)26-12-11-25(37-26)18-6-4-17(5-7-18)22(21-10-9-20(29)14-23(21)30)15-24(31-35)19-8-13-27(33)32(2)16-19/h4-14,16,22,24H,3,15H2,1-2H3/t22-,24?/m1/s1. The molecule has 0 saturated carbocycles. The smallest absolute Gasteiger partial charge is 0.348 e. The molecule has 0 aliphatic rings. The zero-order valence-corrected chi connectivity index (χ0v) is 21.8. The largest absolute Gasteiger partial charge is 0.462 e. The average Bonchev–Trinajstić information content (AvgIpc) is 3.38. The molecular formula is C28H24ClFN2O4S. The van der Waals surface area contributed by atoms with Gasteiger partial charge in [-0.1, -0.05) is 47.1 Å². The molecule has 190 valence electrons. The predicted molar refractivity (Wildman–Crippen MR) is 144 cm³/mol. The first-order valence-electron chi connectivity index (χ1n) is 11.6. The van der Waals surface area contributed by atoms with Crippen molar-refractivity contribution < 1.29 is 13.9 Å². The number of hydrogen-bond acceptors (Lipinski definition) is 6. The lowest BCUT2D eigenvalue weighted by Crippen LogP contribution is -2.16. The lowest BCUT2D eigenvalue weighted by atomic mass is 9.84. The molecule has 2 aromatic heterocycles. The van der Waals surface area contributed by atoms with Crippen molar-refractivity contribution >= 4 is 28.9 Å². The molecule has 0 spiro atoms. The summed E-state index contributed by atoms with van der Waals surface area (Å²) in [6.07, 6.45) is 1.76. The fourth-order valence-corrected chi connectivity index (χ4v) is 5.25. The number of aromatic nitrogens is 1. The Balaban J connectivity index is 1.69. The van der Waals surface area contributed by atoms with Gasteiger partial charge in [-0.2, -0.15) is 4.91 Å². The summed E-state index contributed by atoms with van der Waals surface area (Å²) in [6, 6.07) is 17.7. The molecule has 2 aromatic carbocycles. The first-order chi connectivity index (χ1) is 17.8. The van der Waals surface area contributed by atoms with E-state index in [4.69, 9.17) is 16.3 Å². The average molecular weight is 539 g/mol. The maximum atomic E-state index is 15.1. The molecule has 0 saturated heterocycles. The van der Waals surface area contributed by atoms with E-state index in [1.165, 1.54) is 28.0 Å². The second kappa shape index (κ2) is 11.6. The minimum absolute atomic E-state index is 0.186. The number of nitrogens with zero attached hydrogens (tertiary/aromatic N) is 2. The SMILES string of the molecule is CCOC(=O)c1ccc(-c2ccc([C@@H](CC(N=O)c3ccc(=O)n(C)c3)c3ccc(Cl)cc3F)cc2)s1. The molecule has 0 bridgehead atoms. The van der Waals surface area contributed by atoms with E-state index in [9.17, 15) is 14.5 Å². The van der Waals surface area contributed by atoms with Crippen LogP contribution in [0.1, 0.15) is 51.7 Å². The number of ether oxygens (including phenoxy) is 1. The third kappa shape index (κ3) is 6.03. The number of hydrogen-bond donors (Lipinski definition) is 0. The van der Waals surface area contributed by atoms with Crippen molar-refractivity contribution in [2.45, 2.75) is 25.3 Å². The number of carbonyl (C=O) groups is 1.